The average molecular weight is 689 g/mol. The molecule has 2 aromatic rings. The lowest BCUT2D eigenvalue weighted by Gasteiger charge is -2.29. The summed E-state index contributed by atoms with van der Waals surface area (Å²) < 4.78 is 36.1. The number of fused-ring (bicyclic) bond motifs is 2. The number of benzene rings is 2. The van der Waals surface area contributed by atoms with Gasteiger partial charge in [-0.25, -0.2) is 0 Å². The van der Waals surface area contributed by atoms with Crippen LogP contribution in [0.3, 0.4) is 0 Å². The van der Waals surface area contributed by atoms with Crippen molar-refractivity contribution in [2.45, 2.75) is 111 Å². The number of aryl methyl sites for hydroxylation is 1. The summed E-state index contributed by atoms with van der Waals surface area (Å²) in [5.41, 5.74) is 7.46. The smallest absolute Gasteiger partial charge is 0.294 e. The standard InChI is InChI=1S/C41H57N3O4S/c1-11-43-34-23-21-30(4)26-32(34)40(7,8)36(43)18-14-12-15-19-37-41(9,10)33-27-31(49(46,47)48)22-24-35(33)44(37)25-17-13-16-20-38(45)42-28-39(5,6)29(2)3/h12,14-15,18-19,21-24,26-27,29H,11,13,16-17,20,25,28H2,1-10H3,(H-,42,45,46,47,48)/p+1. The maximum absolute atomic E-state index is 12.5. The molecule has 0 unspecified atom stereocenters. The number of likely N-dealkylation sites (N-methyl/N-ethyl adjacent to an activating group) is 1. The van der Waals surface area contributed by atoms with E-state index >= 15 is 0 Å². The quantitative estimate of drug-likeness (QED) is 0.0897. The second kappa shape index (κ2) is 14.8. The monoisotopic (exact) mass is 688 g/mol. The number of hydrogen-bond acceptors (Lipinski definition) is 4. The predicted molar refractivity (Wildman–Crippen MR) is 203 cm³/mol. The van der Waals surface area contributed by atoms with Gasteiger partial charge in [-0.2, -0.15) is 13.0 Å². The second-order valence-corrected chi connectivity index (χ2v) is 17.2. The number of carbonyl (C=O) groups excluding carboxylic acids is 1. The first-order valence-electron chi connectivity index (χ1n) is 17.8. The van der Waals surface area contributed by atoms with Gasteiger partial charge in [-0.3, -0.25) is 9.35 Å². The summed E-state index contributed by atoms with van der Waals surface area (Å²) in [4.78, 5) is 14.8. The van der Waals surface area contributed by atoms with Gasteiger partial charge in [0.15, 0.2) is 5.71 Å². The number of allylic oxidation sites excluding steroid dienone is 6. The Labute approximate surface area is 295 Å². The molecule has 0 atom stereocenters. The van der Waals surface area contributed by atoms with E-state index in [0.717, 1.165) is 49.3 Å². The number of nitrogens with zero attached hydrogens (tertiary/aromatic N) is 2. The van der Waals surface area contributed by atoms with E-state index in [9.17, 15) is 17.8 Å². The Morgan fingerprint density at radius 1 is 0.980 bits per heavy atom. The van der Waals surface area contributed by atoms with Crippen LogP contribution in [0.1, 0.15) is 105 Å². The fourth-order valence-corrected chi connectivity index (χ4v) is 7.40. The summed E-state index contributed by atoms with van der Waals surface area (Å²) in [5.74, 6) is 0.576. The van der Waals surface area contributed by atoms with E-state index in [-0.39, 0.29) is 21.6 Å². The van der Waals surface area contributed by atoms with Crippen LogP contribution in [-0.2, 0) is 25.7 Å². The zero-order valence-electron chi connectivity index (χ0n) is 31.4. The summed E-state index contributed by atoms with van der Waals surface area (Å²) in [7, 11) is -4.34. The third kappa shape index (κ3) is 8.29. The van der Waals surface area contributed by atoms with Crippen LogP contribution in [-0.4, -0.2) is 48.8 Å². The van der Waals surface area contributed by atoms with Crippen LogP contribution in [0.4, 0.5) is 11.4 Å². The molecule has 8 heteroatoms. The zero-order valence-corrected chi connectivity index (χ0v) is 32.2. The molecule has 2 aliphatic heterocycles. The fourth-order valence-electron chi connectivity index (χ4n) is 6.89. The Balaban J connectivity index is 1.53. The Hall–Kier alpha value is -3.49. The molecule has 49 heavy (non-hydrogen) atoms. The fraction of sp³-hybridized carbons (Fsp3) is 0.512. The zero-order chi connectivity index (χ0) is 36.4. The van der Waals surface area contributed by atoms with Gasteiger partial charge in [0.1, 0.15) is 6.54 Å². The summed E-state index contributed by atoms with van der Waals surface area (Å²) in [6.45, 7) is 24.1. The molecule has 2 aromatic carbocycles. The lowest BCUT2D eigenvalue weighted by molar-refractivity contribution is -0.438. The minimum absolute atomic E-state index is 0.0562. The molecule has 0 fully saturated rings. The largest absolute Gasteiger partial charge is 0.356 e. The van der Waals surface area contributed by atoms with Crippen LogP contribution in [0.15, 0.2) is 77.4 Å². The summed E-state index contributed by atoms with van der Waals surface area (Å²) in [6, 6.07) is 11.6. The Morgan fingerprint density at radius 2 is 1.69 bits per heavy atom. The summed E-state index contributed by atoms with van der Waals surface area (Å²) in [6.07, 6.45) is 13.6. The highest BCUT2D eigenvalue weighted by Gasteiger charge is 2.45. The minimum atomic E-state index is -4.34. The Bertz CT molecular complexity index is 1790. The van der Waals surface area contributed by atoms with Crippen molar-refractivity contribution < 1.29 is 22.3 Å². The number of rotatable bonds is 14. The van der Waals surface area contributed by atoms with Crippen molar-refractivity contribution in [3.8, 4) is 0 Å². The van der Waals surface area contributed by atoms with Crippen LogP contribution in [0, 0.1) is 18.3 Å². The molecule has 2 N–H and O–H groups in total. The first kappa shape index (κ1) is 38.3. The highest BCUT2D eigenvalue weighted by Crippen LogP contribution is 2.48. The predicted octanol–water partition coefficient (Wildman–Crippen LogP) is 8.79. The van der Waals surface area contributed by atoms with Gasteiger partial charge in [0.05, 0.1) is 10.3 Å². The van der Waals surface area contributed by atoms with Crippen LogP contribution in [0.25, 0.3) is 0 Å². The molecule has 0 bridgehead atoms. The van der Waals surface area contributed by atoms with Crippen molar-refractivity contribution in [2.75, 3.05) is 24.5 Å². The molecule has 2 heterocycles. The van der Waals surface area contributed by atoms with Gasteiger partial charge in [-0.15, -0.1) is 0 Å². The van der Waals surface area contributed by atoms with E-state index in [2.05, 4.69) is 133 Å². The van der Waals surface area contributed by atoms with E-state index in [4.69, 9.17) is 0 Å². The van der Waals surface area contributed by atoms with Gasteiger partial charge in [0, 0.05) is 60.4 Å². The highest BCUT2D eigenvalue weighted by molar-refractivity contribution is 7.85. The lowest BCUT2D eigenvalue weighted by atomic mass is 9.81. The van der Waals surface area contributed by atoms with Crippen LogP contribution < -0.4 is 10.2 Å². The van der Waals surface area contributed by atoms with E-state index in [1.54, 1.807) is 12.1 Å². The number of hydrogen-bond donors (Lipinski definition) is 2. The van der Waals surface area contributed by atoms with Crippen molar-refractivity contribution in [3.05, 3.63) is 89.2 Å². The molecule has 4 rings (SSSR count). The second-order valence-electron chi connectivity index (χ2n) is 15.7. The van der Waals surface area contributed by atoms with Gasteiger partial charge in [-0.05, 0) is 81.7 Å². The van der Waals surface area contributed by atoms with Crippen molar-refractivity contribution in [2.24, 2.45) is 11.3 Å². The number of anilines is 1. The maximum atomic E-state index is 12.5. The SMILES string of the molecule is CCN1\C(=C/C=C/C=C/C2=[N+](CCCCCC(=O)NCC(C)(C)C(C)C)c3ccc(S(=O)(=O)O)cc3C2(C)C)C(C)(C)c2cc(C)ccc21. The molecule has 0 radical (unpaired) electrons. The van der Waals surface area contributed by atoms with Gasteiger partial charge in [0.2, 0.25) is 11.6 Å². The number of nitrogens with one attached hydrogen (secondary N) is 1. The normalized spacial score (nSPS) is 18.0. The molecule has 0 saturated carbocycles. The van der Waals surface area contributed by atoms with E-state index in [0.29, 0.717) is 18.9 Å². The molecule has 0 aliphatic carbocycles. The lowest BCUT2D eigenvalue weighted by Crippen LogP contribution is -2.36. The number of amides is 1. The third-order valence-electron chi connectivity index (χ3n) is 10.8. The van der Waals surface area contributed by atoms with Crippen LogP contribution in [0.5, 0.6) is 0 Å². The van der Waals surface area contributed by atoms with Crippen LogP contribution in [0.2, 0.25) is 0 Å². The van der Waals surface area contributed by atoms with Crippen molar-refractivity contribution in [1.82, 2.24) is 5.32 Å². The first-order valence-corrected chi connectivity index (χ1v) is 19.2. The molecule has 2 aliphatic rings. The average Bonchev–Trinajstić information content (AvgIpc) is 3.36. The Morgan fingerprint density at radius 3 is 2.35 bits per heavy atom. The number of unbranched alkanes of at least 4 members (excludes halogenated alkanes) is 2. The van der Waals surface area contributed by atoms with Gasteiger partial charge in [-0.1, -0.05) is 77.5 Å². The molecule has 0 aromatic heterocycles. The molecular formula is C41H58N3O4S+. The Kier molecular flexibility index (Phi) is 11.6. The number of carbonyl (C=O) groups is 1. The molecule has 0 spiro atoms. The highest BCUT2D eigenvalue weighted by atomic mass is 32.2. The molecule has 1 amide bonds. The molecular weight excluding hydrogens is 631 g/mol. The maximum Gasteiger partial charge on any atom is 0.294 e. The van der Waals surface area contributed by atoms with Crippen LogP contribution >= 0.6 is 0 Å². The molecule has 7 nitrogen and oxygen atoms in total. The summed E-state index contributed by atoms with van der Waals surface area (Å²) in [5, 5.41) is 3.11. The van der Waals surface area contributed by atoms with Gasteiger partial charge >= 0.3 is 0 Å². The van der Waals surface area contributed by atoms with Gasteiger partial charge < -0.3 is 10.2 Å². The molecule has 266 valence electrons. The minimum Gasteiger partial charge on any atom is -0.356 e. The van der Waals surface area contributed by atoms with E-state index < -0.39 is 15.5 Å². The summed E-state index contributed by atoms with van der Waals surface area (Å²) >= 11 is 0. The molecule has 0 saturated heterocycles. The van der Waals surface area contributed by atoms with E-state index in [1.165, 1.54) is 28.6 Å². The first-order chi connectivity index (χ1) is 22.8. The van der Waals surface area contributed by atoms with Gasteiger partial charge in [0.25, 0.3) is 10.1 Å². The van der Waals surface area contributed by atoms with E-state index in [1.807, 2.05) is 0 Å². The third-order valence-corrected chi connectivity index (χ3v) is 11.7. The van der Waals surface area contributed by atoms with Crippen molar-refractivity contribution >= 4 is 33.1 Å². The van der Waals surface area contributed by atoms with Crippen molar-refractivity contribution in [1.29, 1.82) is 0 Å². The van der Waals surface area contributed by atoms with Crippen molar-refractivity contribution in [3.63, 3.8) is 0 Å². The topological polar surface area (TPSA) is 89.7 Å².